The van der Waals surface area contributed by atoms with Gasteiger partial charge in [0.1, 0.15) is 12.6 Å². The third-order valence-corrected chi connectivity index (χ3v) is 7.98. The van der Waals surface area contributed by atoms with E-state index in [0.29, 0.717) is 23.7 Å². The van der Waals surface area contributed by atoms with Gasteiger partial charge in [-0.25, -0.2) is 8.42 Å². The summed E-state index contributed by atoms with van der Waals surface area (Å²) in [6, 6.07) is 21.1. The van der Waals surface area contributed by atoms with Crippen molar-refractivity contribution in [1.82, 2.24) is 10.2 Å². The van der Waals surface area contributed by atoms with Crippen LogP contribution in [0.1, 0.15) is 31.4 Å². The van der Waals surface area contributed by atoms with E-state index < -0.39 is 28.5 Å². The summed E-state index contributed by atoms with van der Waals surface area (Å²) in [4.78, 5) is 28.3. The van der Waals surface area contributed by atoms with E-state index in [-0.39, 0.29) is 17.3 Å². The Bertz CT molecular complexity index is 1300. The highest BCUT2D eigenvalue weighted by Crippen LogP contribution is 2.25. The fourth-order valence-electron chi connectivity index (χ4n) is 3.96. The molecule has 0 radical (unpaired) electrons. The maximum Gasteiger partial charge on any atom is 0.264 e. The summed E-state index contributed by atoms with van der Waals surface area (Å²) in [5.74, 6) is -0.784. The number of aryl methyl sites for hydroxylation is 1. The van der Waals surface area contributed by atoms with Gasteiger partial charge in [0.15, 0.2) is 0 Å². The van der Waals surface area contributed by atoms with E-state index in [9.17, 15) is 18.0 Å². The predicted molar refractivity (Wildman–Crippen MR) is 147 cm³/mol. The largest absolute Gasteiger partial charge is 0.355 e. The summed E-state index contributed by atoms with van der Waals surface area (Å²) in [5.41, 5.74) is 2.09. The van der Waals surface area contributed by atoms with Gasteiger partial charge in [0, 0.05) is 18.1 Å². The number of carbonyl (C=O) groups is 2. The van der Waals surface area contributed by atoms with Gasteiger partial charge in [0.2, 0.25) is 11.8 Å². The van der Waals surface area contributed by atoms with Crippen molar-refractivity contribution in [2.45, 2.75) is 44.7 Å². The third kappa shape index (κ3) is 7.11. The lowest BCUT2D eigenvalue weighted by atomic mass is 10.1. The van der Waals surface area contributed by atoms with Crippen molar-refractivity contribution in [2.24, 2.45) is 0 Å². The normalized spacial score (nSPS) is 12.0. The highest BCUT2D eigenvalue weighted by Gasteiger charge is 2.33. The molecule has 1 atom stereocenters. The molecule has 0 aliphatic heterocycles. The molecule has 0 aromatic heterocycles. The van der Waals surface area contributed by atoms with Crippen molar-refractivity contribution in [3.05, 3.63) is 95.0 Å². The predicted octanol–water partition coefficient (Wildman–Crippen LogP) is 4.79. The Balaban J connectivity index is 2.03. The van der Waals surface area contributed by atoms with Gasteiger partial charge in [-0.3, -0.25) is 13.9 Å². The zero-order valence-electron chi connectivity index (χ0n) is 21.2. The zero-order valence-corrected chi connectivity index (χ0v) is 22.8. The van der Waals surface area contributed by atoms with Crippen LogP contribution in [0.3, 0.4) is 0 Å². The van der Waals surface area contributed by atoms with Gasteiger partial charge in [-0.15, -0.1) is 0 Å². The number of anilines is 1. The standard InChI is InChI=1S/C28H32ClN3O4S/c1-4-26(28(34)30-5-2)31(19-22-13-15-23(29)16-14-22)27(33)20-32(24-17-11-21(3)12-18-24)37(35,36)25-9-7-6-8-10-25/h6-18,26H,4-5,19-20H2,1-3H3,(H,30,34)/t26-/m1/s1. The number of hydrogen-bond acceptors (Lipinski definition) is 4. The minimum Gasteiger partial charge on any atom is -0.355 e. The first-order valence-electron chi connectivity index (χ1n) is 12.1. The monoisotopic (exact) mass is 541 g/mol. The van der Waals surface area contributed by atoms with Crippen LogP contribution in [0.15, 0.2) is 83.8 Å². The second kappa shape index (κ2) is 12.7. The number of likely N-dealkylation sites (N-methyl/N-ethyl adjacent to an activating group) is 1. The average molecular weight is 542 g/mol. The molecule has 9 heteroatoms. The van der Waals surface area contributed by atoms with Gasteiger partial charge in [-0.2, -0.15) is 0 Å². The minimum absolute atomic E-state index is 0.0726. The van der Waals surface area contributed by atoms with Crippen LogP contribution in [0.2, 0.25) is 5.02 Å². The Morgan fingerprint density at radius 2 is 1.54 bits per heavy atom. The number of nitrogens with one attached hydrogen (secondary N) is 1. The Hall–Kier alpha value is -3.36. The van der Waals surface area contributed by atoms with Gasteiger partial charge < -0.3 is 10.2 Å². The first-order chi connectivity index (χ1) is 17.7. The summed E-state index contributed by atoms with van der Waals surface area (Å²) in [5, 5.41) is 3.34. The molecule has 3 aromatic carbocycles. The first-order valence-corrected chi connectivity index (χ1v) is 13.9. The highest BCUT2D eigenvalue weighted by molar-refractivity contribution is 7.92. The lowest BCUT2D eigenvalue weighted by Gasteiger charge is -2.33. The molecule has 0 aliphatic carbocycles. The number of nitrogens with zero attached hydrogens (tertiary/aromatic N) is 2. The van der Waals surface area contributed by atoms with E-state index >= 15 is 0 Å². The van der Waals surface area contributed by atoms with E-state index in [4.69, 9.17) is 11.6 Å². The summed E-state index contributed by atoms with van der Waals surface area (Å²) in [7, 11) is -4.07. The zero-order chi connectivity index (χ0) is 27.0. The van der Waals surface area contributed by atoms with Crippen LogP contribution in [0.4, 0.5) is 5.69 Å². The van der Waals surface area contributed by atoms with Gasteiger partial charge in [-0.1, -0.05) is 66.6 Å². The molecule has 2 amide bonds. The lowest BCUT2D eigenvalue weighted by Crippen LogP contribution is -2.52. The van der Waals surface area contributed by atoms with Crippen molar-refractivity contribution in [3.63, 3.8) is 0 Å². The molecule has 0 saturated heterocycles. The van der Waals surface area contributed by atoms with Crippen LogP contribution >= 0.6 is 11.6 Å². The van der Waals surface area contributed by atoms with Crippen molar-refractivity contribution in [3.8, 4) is 0 Å². The summed E-state index contributed by atoms with van der Waals surface area (Å²) in [6.07, 6.45) is 0.362. The number of rotatable bonds is 11. The molecule has 0 spiro atoms. The van der Waals surface area contributed by atoms with Gasteiger partial charge in [-0.05, 0) is 62.2 Å². The van der Waals surface area contributed by atoms with E-state index in [0.717, 1.165) is 15.4 Å². The van der Waals surface area contributed by atoms with Crippen LogP contribution in [-0.2, 0) is 26.2 Å². The number of hydrogen-bond donors (Lipinski definition) is 1. The molecular formula is C28H32ClN3O4S. The van der Waals surface area contributed by atoms with Crippen LogP contribution < -0.4 is 9.62 Å². The first kappa shape index (κ1) is 28.2. The maximum atomic E-state index is 13.9. The Morgan fingerprint density at radius 1 is 0.919 bits per heavy atom. The van der Waals surface area contributed by atoms with Crippen LogP contribution in [0.25, 0.3) is 0 Å². The fourth-order valence-corrected chi connectivity index (χ4v) is 5.52. The minimum atomic E-state index is -4.07. The van der Waals surface area contributed by atoms with Crippen molar-refractivity contribution < 1.29 is 18.0 Å². The van der Waals surface area contributed by atoms with Gasteiger partial charge in [0.05, 0.1) is 10.6 Å². The Labute approximate surface area is 224 Å². The smallest absolute Gasteiger partial charge is 0.264 e. The number of benzene rings is 3. The summed E-state index contributed by atoms with van der Waals surface area (Å²) >= 11 is 6.03. The lowest BCUT2D eigenvalue weighted by molar-refractivity contribution is -0.140. The second-order valence-electron chi connectivity index (χ2n) is 8.63. The molecule has 37 heavy (non-hydrogen) atoms. The molecule has 0 aliphatic rings. The molecule has 0 bridgehead atoms. The van der Waals surface area contributed by atoms with E-state index in [1.807, 2.05) is 20.8 Å². The molecule has 0 heterocycles. The molecule has 0 saturated carbocycles. The molecular weight excluding hydrogens is 510 g/mol. The number of halogens is 1. The van der Waals surface area contributed by atoms with E-state index in [1.54, 1.807) is 66.7 Å². The maximum absolute atomic E-state index is 13.9. The van der Waals surface area contributed by atoms with E-state index in [1.165, 1.54) is 17.0 Å². The van der Waals surface area contributed by atoms with E-state index in [2.05, 4.69) is 5.32 Å². The average Bonchev–Trinajstić information content (AvgIpc) is 2.89. The molecule has 1 N–H and O–H groups in total. The van der Waals surface area contributed by atoms with Crippen LogP contribution in [-0.4, -0.2) is 44.3 Å². The second-order valence-corrected chi connectivity index (χ2v) is 10.9. The van der Waals surface area contributed by atoms with Crippen molar-refractivity contribution >= 4 is 39.1 Å². The molecule has 3 aromatic rings. The van der Waals surface area contributed by atoms with Gasteiger partial charge >= 0.3 is 0 Å². The number of carbonyl (C=O) groups excluding carboxylic acids is 2. The SMILES string of the molecule is CCNC(=O)[C@@H](CC)N(Cc1ccc(Cl)cc1)C(=O)CN(c1ccc(C)cc1)S(=O)(=O)c1ccccc1. The Morgan fingerprint density at radius 3 is 2.11 bits per heavy atom. The molecule has 196 valence electrons. The topological polar surface area (TPSA) is 86.8 Å². The van der Waals surface area contributed by atoms with Crippen LogP contribution in [0.5, 0.6) is 0 Å². The quantitative estimate of drug-likeness (QED) is 0.378. The van der Waals surface area contributed by atoms with Crippen LogP contribution in [0, 0.1) is 6.92 Å². The summed E-state index contributed by atoms with van der Waals surface area (Å²) < 4.78 is 28.5. The molecule has 0 unspecified atom stereocenters. The molecule has 7 nitrogen and oxygen atoms in total. The van der Waals surface area contributed by atoms with Crippen molar-refractivity contribution in [1.29, 1.82) is 0 Å². The van der Waals surface area contributed by atoms with Gasteiger partial charge in [0.25, 0.3) is 10.0 Å². The third-order valence-electron chi connectivity index (χ3n) is 5.94. The van der Waals surface area contributed by atoms with Crippen molar-refractivity contribution in [2.75, 3.05) is 17.4 Å². The molecule has 0 fully saturated rings. The number of amides is 2. The molecule has 3 rings (SSSR count). The Kier molecular flexibility index (Phi) is 9.72. The summed E-state index contributed by atoms with van der Waals surface area (Å²) in [6.45, 7) is 5.60. The highest BCUT2D eigenvalue weighted by atomic mass is 35.5. The number of sulfonamides is 1. The fraction of sp³-hybridized carbons (Fsp3) is 0.286.